The van der Waals surface area contributed by atoms with Crippen LogP contribution in [-0.2, 0) is 9.53 Å². The molecular weight excluding hydrogens is 260 g/mol. The number of hydrogen-bond acceptors (Lipinski definition) is 2. The number of esters is 1. The minimum absolute atomic E-state index is 0.310. The predicted octanol–water partition coefficient (Wildman–Crippen LogP) is 4.30. The summed E-state index contributed by atoms with van der Waals surface area (Å²) < 4.78 is 4.95. The summed E-state index contributed by atoms with van der Waals surface area (Å²) in [6.45, 7) is 7.88. The summed E-state index contributed by atoms with van der Waals surface area (Å²) in [5.74, 6) is -0.813. The molecule has 0 aliphatic rings. The van der Waals surface area contributed by atoms with Gasteiger partial charge < -0.3 is 4.74 Å². The van der Waals surface area contributed by atoms with E-state index in [0.29, 0.717) is 0 Å². The van der Waals surface area contributed by atoms with Crippen LogP contribution < -0.4 is 0 Å². The Kier molecular flexibility index (Phi) is 4.72. The van der Waals surface area contributed by atoms with E-state index in [1.807, 2.05) is 54.6 Å². The molecule has 1 unspecified atom stereocenters. The first-order valence-electron chi connectivity index (χ1n) is 6.72. The maximum Gasteiger partial charge on any atom is 0.317 e. The number of methoxy groups -OCH3 is 1. The van der Waals surface area contributed by atoms with Crippen molar-refractivity contribution in [2.75, 3.05) is 7.11 Å². The van der Waals surface area contributed by atoms with Crippen molar-refractivity contribution in [3.63, 3.8) is 0 Å². The van der Waals surface area contributed by atoms with Crippen molar-refractivity contribution in [3.05, 3.63) is 84.4 Å². The molecule has 2 nitrogen and oxygen atoms in total. The van der Waals surface area contributed by atoms with Crippen LogP contribution in [0.3, 0.4) is 0 Å². The van der Waals surface area contributed by atoms with Gasteiger partial charge in [0.25, 0.3) is 0 Å². The third-order valence-electron chi connectivity index (χ3n) is 3.41. The lowest BCUT2D eigenvalue weighted by Crippen LogP contribution is -2.15. The van der Waals surface area contributed by atoms with Crippen LogP contribution in [-0.4, -0.2) is 13.1 Å². The normalized spacial score (nSPS) is 11.5. The molecule has 0 bridgehead atoms. The smallest absolute Gasteiger partial charge is 0.317 e. The van der Waals surface area contributed by atoms with Gasteiger partial charge in [-0.25, -0.2) is 0 Å². The van der Waals surface area contributed by atoms with Gasteiger partial charge >= 0.3 is 5.97 Å². The Morgan fingerprint density at radius 3 is 2.48 bits per heavy atom. The highest BCUT2D eigenvalue weighted by Gasteiger charge is 2.25. The van der Waals surface area contributed by atoms with Gasteiger partial charge in [0.1, 0.15) is 5.92 Å². The molecule has 0 heterocycles. The summed E-state index contributed by atoms with van der Waals surface area (Å²) in [5.41, 5.74) is 3.49. The van der Waals surface area contributed by atoms with Crippen LogP contribution in [0.25, 0.3) is 11.6 Å². The average Bonchev–Trinajstić information content (AvgIpc) is 2.55. The maximum absolute atomic E-state index is 12.2. The van der Waals surface area contributed by atoms with Gasteiger partial charge in [-0.1, -0.05) is 67.8 Å². The zero-order valence-corrected chi connectivity index (χ0v) is 12.1. The lowest BCUT2D eigenvalue weighted by atomic mass is 9.87. The number of ether oxygens (including phenoxy) is 1. The molecule has 21 heavy (non-hydrogen) atoms. The Labute approximate surface area is 125 Å². The summed E-state index contributed by atoms with van der Waals surface area (Å²) in [6.07, 6.45) is 1.77. The van der Waals surface area contributed by atoms with E-state index in [0.717, 1.165) is 22.3 Å². The highest BCUT2D eigenvalue weighted by atomic mass is 16.5. The Hall–Kier alpha value is -2.61. The van der Waals surface area contributed by atoms with Gasteiger partial charge in [0.05, 0.1) is 7.11 Å². The van der Waals surface area contributed by atoms with Gasteiger partial charge in [-0.15, -0.1) is 0 Å². The Bertz CT molecular complexity index is 656. The second-order valence-corrected chi connectivity index (χ2v) is 4.72. The summed E-state index contributed by atoms with van der Waals surface area (Å²) >= 11 is 0. The van der Waals surface area contributed by atoms with Crippen molar-refractivity contribution in [1.82, 2.24) is 0 Å². The number of carbonyl (C=O) groups excluding carboxylic acids is 1. The number of hydrogen-bond donors (Lipinski definition) is 0. The minimum Gasteiger partial charge on any atom is -0.468 e. The van der Waals surface area contributed by atoms with Crippen molar-refractivity contribution in [1.29, 1.82) is 0 Å². The highest BCUT2D eigenvalue weighted by Crippen LogP contribution is 2.32. The van der Waals surface area contributed by atoms with Crippen molar-refractivity contribution >= 4 is 17.6 Å². The molecule has 0 aromatic heterocycles. The third-order valence-corrected chi connectivity index (χ3v) is 3.41. The Morgan fingerprint density at radius 1 is 1.14 bits per heavy atom. The van der Waals surface area contributed by atoms with E-state index >= 15 is 0 Å². The van der Waals surface area contributed by atoms with Gasteiger partial charge in [0.15, 0.2) is 0 Å². The fourth-order valence-corrected chi connectivity index (χ4v) is 2.27. The largest absolute Gasteiger partial charge is 0.468 e. The van der Waals surface area contributed by atoms with Crippen LogP contribution in [0.2, 0.25) is 0 Å². The molecule has 1 atom stereocenters. The van der Waals surface area contributed by atoms with Gasteiger partial charge in [-0.05, 0) is 28.3 Å². The fourth-order valence-electron chi connectivity index (χ4n) is 2.27. The topological polar surface area (TPSA) is 26.3 Å². The molecule has 0 amide bonds. The molecule has 0 saturated heterocycles. The molecular formula is C19H18O2. The quantitative estimate of drug-likeness (QED) is 0.762. The molecule has 2 aromatic rings. The molecule has 0 aliphatic carbocycles. The number of benzene rings is 2. The van der Waals surface area contributed by atoms with Gasteiger partial charge in [-0.2, -0.15) is 0 Å². The zero-order valence-electron chi connectivity index (χ0n) is 12.1. The standard InChI is InChI=1S/C19H18O2/c1-4-15-9-8-12-17(13-15)14(2)18(19(20)21-3)16-10-6-5-7-11-16/h4-13,18H,1-2H2,3H3. The average molecular weight is 278 g/mol. The van der Waals surface area contributed by atoms with E-state index in [1.165, 1.54) is 7.11 Å². The van der Waals surface area contributed by atoms with Crippen molar-refractivity contribution in [2.45, 2.75) is 5.92 Å². The summed E-state index contributed by atoms with van der Waals surface area (Å²) in [4.78, 5) is 12.2. The predicted molar refractivity (Wildman–Crippen MR) is 86.8 cm³/mol. The molecule has 0 saturated carbocycles. The Balaban J connectivity index is 2.43. The minimum atomic E-state index is -0.503. The van der Waals surface area contributed by atoms with Crippen molar-refractivity contribution in [2.24, 2.45) is 0 Å². The summed E-state index contributed by atoms with van der Waals surface area (Å²) in [7, 11) is 1.39. The summed E-state index contributed by atoms with van der Waals surface area (Å²) in [6, 6.07) is 17.3. The van der Waals surface area contributed by atoms with Crippen molar-refractivity contribution in [3.8, 4) is 0 Å². The van der Waals surface area contributed by atoms with Gasteiger partial charge in [0.2, 0.25) is 0 Å². The zero-order chi connectivity index (χ0) is 15.2. The van der Waals surface area contributed by atoms with Crippen LogP contribution in [0.4, 0.5) is 0 Å². The number of rotatable bonds is 5. The van der Waals surface area contributed by atoms with Crippen LogP contribution >= 0.6 is 0 Å². The first-order valence-corrected chi connectivity index (χ1v) is 6.72. The van der Waals surface area contributed by atoms with E-state index in [1.54, 1.807) is 6.08 Å². The van der Waals surface area contributed by atoms with E-state index in [9.17, 15) is 4.79 Å². The van der Waals surface area contributed by atoms with Gasteiger partial charge in [-0.3, -0.25) is 4.79 Å². The molecule has 0 aliphatic heterocycles. The van der Waals surface area contributed by atoms with E-state index in [2.05, 4.69) is 13.2 Å². The highest BCUT2D eigenvalue weighted by molar-refractivity contribution is 5.93. The van der Waals surface area contributed by atoms with Gasteiger partial charge in [0, 0.05) is 0 Å². The SMILES string of the molecule is C=Cc1cccc(C(=C)C(C(=O)OC)c2ccccc2)c1. The molecule has 2 aromatic carbocycles. The third kappa shape index (κ3) is 3.29. The molecule has 2 rings (SSSR count). The van der Waals surface area contributed by atoms with E-state index < -0.39 is 5.92 Å². The number of carbonyl (C=O) groups is 1. The summed E-state index contributed by atoms with van der Waals surface area (Å²) in [5, 5.41) is 0. The molecule has 0 spiro atoms. The van der Waals surface area contributed by atoms with Crippen LogP contribution in [0.1, 0.15) is 22.6 Å². The van der Waals surface area contributed by atoms with Crippen LogP contribution in [0, 0.1) is 0 Å². The first-order chi connectivity index (χ1) is 10.2. The van der Waals surface area contributed by atoms with Crippen LogP contribution in [0.15, 0.2) is 67.8 Å². The molecule has 106 valence electrons. The second-order valence-electron chi connectivity index (χ2n) is 4.72. The monoisotopic (exact) mass is 278 g/mol. The second kappa shape index (κ2) is 6.71. The Morgan fingerprint density at radius 2 is 1.86 bits per heavy atom. The maximum atomic E-state index is 12.2. The van der Waals surface area contributed by atoms with E-state index in [4.69, 9.17) is 4.74 Å². The molecule has 0 fully saturated rings. The molecule has 2 heteroatoms. The molecule has 0 radical (unpaired) electrons. The first kappa shape index (κ1) is 14.8. The van der Waals surface area contributed by atoms with E-state index in [-0.39, 0.29) is 5.97 Å². The lowest BCUT2D eigenvalue weighted by molar-refractivity contribution is -0.140. The van der Waals surface area contributed by atoms with Crippen molar-refractivity contribution < 1.29 is 9.53 Å². The molecule has 0 N–H and O–H groups in total. The van der Waals surface area contributed by atoms with Crippen LogP contribution in [0.5, 0.6) is 0 Å². The lowest BCUT2D eigenvalue weighted by Gasteiger charge is -2.18. The fraction of sp³-hybridized carbons (Fsp3) is 0.105.